The molecule has 3 heteroatoms. The number of hydrogen-bond acceptors (Lipinski definition) is 2. The Morgan fingerprint density at radius 1 is 1.41 bits per heavy atom. The second-order valence-corrected chi connectivity index (χ2v) is 5.24. The highest BCUT2D eigenvalue weighted by molar-refractivity contribution is 9.10. The highest BCUT2D eigenvalue weighted by atomic mass is 79.9. The van der Waals surface area contributed by atoms with Gasteiger partial charge in [-0.05, 0) is 48.8 Å². The van der Waals surface area contributed by atoms with Crippen molar-refractivity contribution >= 4 is 26.9 Å². The molecule has 0 saturated heterocycles. The largest absolute Gasteiger partial charge is 0.458 e. The van der Waals surface area contributed by atoms with E-state index in [9.17, 15) is 0 Å². The van der Waals surface area contributed by atoms with Gasteiger partial charge < -0.3 is 9.73 Å². The van der Waals surface area contributed by atoms with Crippen molar-refractivity contribution in [3.63, 3.8) is 0 Å². The Morgan fingerprint density at radius 3 is 2.82 bits per heavy atom. The molecule has 1 aromatic heterocycles. The normalized spacial score (nSPS) is 13.2. The topological polar surface area (TPSA) is 25.2 Å². The van der Waals surface area contributed by atoms with Crippen molar-refractivity contribution in [3.8, 4) is 0 Å². The number of aryl methyl sites for hydroxylation is 1. The van der Waals surface area contributed by atoms with Gasteiger partial charge in [0.1, 0.15) is 11.3 Å². The van der Waals surface area contributed by atoms with Gasteiger partial charge in [0.05, 0.1) is 10.5 Å². The molecule has 0 aliphatic heterocycles. The molecule has 1 heterocycles. The van der Waals surface area contributed by atoms with Crippen LogP contribution in [0.2, 0.25) is 0 Å². The van der Waals surface area contributed by atoms with Crippen LogP contribution in [-0.2, 0) is 0 Å². The average molecular weight is 296 g/mol. The van der Waals surface area contributed by atoms with Crippen LogP contribution in [-0.4, -0.2) is 6.54 Å². The SMILES string of the molecule is CCCNC(C)c1oc2c(Br)cccc2c1C. The Bertz CT molecular complexity index is 518. The number of fused-ring (bicyclic) bond motifs is 1. The molecule has 0 saturated carbocycles. The number of rotatable bonds is 4. The molecule has 1 aromatic carbocycles. The molecule has 0 spiro atoms. The zero-order chi connectivity index (χ0) is 12.4. The lowest BCUT2D eigenvalue weighted by Crippen LogP contribution is -2.19. The van der Waals surface area contributed by atoms with E-state index in [1.165, 1.54) is 10.9 Å². The fourth-order valence-corrected chi connectivity index (χ4v) is 2.54. The van der Waals surface area contributed by atoms with Gasteiger partial charge in [-0.1, -0.05) is 19.1 Å². The van der Waals surface area contributed by atoms with Crippen molar-refractivity contribution in [2.45, 2.75) is 33.2 Å². The fraction of sp³-hybridized carbons (Fsp3) is 0.429. The van der Waals surface area contributed by atoms with Crippen LogP contribution in [0.5, 0.6) is 0 Å². The zero-order valence-electron chi connectivity index (χ0n) is 10.5. The molecule has 0 aliphatic rings. The number of benzene rings is 1. The second-order valence-electron chi connectivity index (χ2n) is 4.38. The molecule has 0 radical (unpaired) electrons. The molecular weight excluding hydrogens is 278 g/mol. The van der Waals surface area contributed by atoms with E-state index in [0.717, 1.165) is 28.8 Å². The number of halogens is 1. The van der Waals surface area contributed by atoms with Gasteiger partial charge in [0.2, 0.25) is 0 Å². The Labute approximate surface area is 111 Å². The molecule has 2 rings (SSSR count). The van der Waals surface area contributed by atoms with Gasteiger partial charge in [0.25, 0.3) is 0 Å². The van der Waals surface area contributed by atoms with Crippen LogP contribution in [0.4, 0.5) is 0 Å². The highest BCUT2D eigenvalue weighted by Crippen LogP contribution is 2.33. The molecule has 2 nitrogen and oxygen atoms in total. The maximum absolute atomic E-state index is 5.98. The van der Waals surface area contributed by atoms with Crippen LogP contribution >= 0.6 is 15.9 Å². The van der Waals surface area contributed by atoms with Crippen molar-refractivity contribution in [2.24, 2.45) is 0 Å². The zero-order valence-corrected chi connectivity index (χ0v) is 12.1. The van der Waals surface area contributed by atoms with Gasteiger partial charge in [-0.15, -0.1) is 0 Å². The van der Waals surface area contributed by atoms with Crippen molar-refractivity contribution in [2.75, 3.05) is 6.54 Å². The molecule has 0 amide bonds. The first-order valence-electron chi connectivity index (χ1n) is 6.06. The van der Waals surface area contributed by atoms with Crippen LogP contribution in [0.15, 0.2) is 27.1 Å². The number of furan rings is 1. The highest BCUT2D eigenvalue weighted by Gasteiger charge is 2.16. The first kappa shape index (κ1) is 12.7. The summed E-state index contributed by atoms with van der Waals surface area (Å²) >= 11 is 3.53. The molecule has 0 fully saturated rings. The van der Waals surface area contributed by atoms with E-state index in [1.807, 2.05) is 12.1 Å². The molecule has 2 aromatic rings. The van der Waals surface area contributed by atoms with Crippen LogP contribution in [0.3, 0.4) is 0 Å². The fourth-order valence-electron chi connectivity index (χ4n) is 2.09. The van der Waals surface area contributed by atoms with Crippen molar-refractivity contribution in [1.29, 1.82) is 0 Å². The van der Waals surface area contributed by atoms with Gasteiger partial charge in [0.15, 0.2) is 0 Å². The average Bonchev–Trinajstić information content (AvgIpc) is 2.66. The predicted molar refractivity (Wildman–Crippen MR) is 75.4 cm³/mol. The Balaban J connectivity index is 2.41. The first-order chi connectivity index (χ1) is 8.15. The van der Waals surface area contributed by atoms with Crippen LogP contribution in [0.25, 0.3) is 11.0 Å². The lowest BCUT2D eigenvalue weighted by molar-refractivity contribution is 0.448. The molecule has 1 N–H and O–H groups in total. The van der Waals surface area contributed by atoms with E-state index in [-0.39, 0.29) is 6.04 Å². The van der Waals surface area contributed by atoms with Gasteiger partial charge in [-0.25, -0.2) is 0 Å². The minimum atomic E-state index is 0.259. The molecule has 1 unspecified atom stereocenters. The third-order valence-electron chi connectivity index (χ3n) is 3.05. The predicted octanol–water partition coefficient (Wildman–Crippen LogP) is 4.56. The van der Waals surface area contributed by atoms with E-state index in [2.05, 4.69) is 48.1 Å². The van der Waals surface area contributed by atoms with E-state index < -0.39 is 0 Å². The quantitative estimate of drug-likeness (QED) is 0.894. The molecule has 0 bridgehead atoms. The summed E-state index contributed by atoms with van der Waals surface area (Å²) in [5.74, 6) is 1.04. The third kappa shape index (κ3) is 2.40. The molecule has 0 aliphatic carbocycles. The standard InChI is InChI=1S/C14H18BrNO/c1-4-8-16-10(3)13-9(2)11-6-5-7-12(15)14(11)17-13/h5-7,10,16H,4,8H2,1-3H3. The summed E-state index contributed by atoms with van der Waals surface area (Å²) in [6.45, 7) is 7.45. The summed E-state index contributed by atoms with van der Waals surface area (Å²) in [4.78, 5) is 0. The Kier molecular flexibility index (Phi) is 3.89. The third-order valence-corrected chi connectivity index (χ3v) is 3.67. The van der Waals surface area contributed by atoms with Gasteiger partial charge >= 0.3 is 0 Å². The maximum atomic E-state index is 5.98. The van der Waals surface area contributed by atoms with E-state index in [4.69, 9.17) is 4.42 Å². The summed E-state index contributed by atoms with van der Waals surface area (Å²) < 4.78 is 7.00. The molecule has 1 atom stereocenters. The van der Waals surface area contributed by atoms with Gasteiger partial charge in [-0.2, -0.15) is 0 Å². The Morgan fingerprint density at radius 2 is 2.18 bits per heavy atom. The van der Waals surface area contributed by atoms with Crippen molar-refractivity contribution in [3.05, 3.63) is 34.0 Å². The molecule has 17 heavy (non-hydrogen) atoms. The van der Waals surface area contributed by atoms with Gasteiger partial charge in [-0.3, -0.25) is 0 Å². The number of hydrogen-bond donors (Lipinski definition) is 1. The Hall–Kier alpha value is -0.800. The van der Waals surface area contributed by atoms with Gasteiger partial charge in [0, 0.05) is 10.9 Å². The number of para-hydroxylation sites is 1. The maximum Gasteiger partial charge on any atom is 0.148 e. The smallest absolute Gasteiger partial charge is 0.148 e. The first-order valence-corrected chi connectivity index (χ1v) is 6.85. The monoisotopic (exact) mass is 295 g/mol. The summed E-state index contributed by atoms with van der Waals surface area (Å²) in [5.41, 5.74) is 2.18. The lowest BCUT2D eigenvalue weighted by Gasteiger charge is -2.11. The van der Waals surface area contributed by atoms with Crippen molar-refractivity contribution < 1.29 is 4.42 Å². The summed E-state index contributed by atoms with van der Waals surface area (Å²) in [6.07, 6.45) is 1.13. The lowest BCUT2D eigenvalue weighted by atomic mass is 10.1. The summed E-state index contributed by atoms with van der Waals surface area (Å²) in [6, 6.07) is 6.42. The molecule has 92 valence electrons. The van der Waals surface area contributed by atoms with Crippen LogP contribution in [0.1, 0.15) is 37.6 Å². The minimum absolute atomic E-state index is 0.259. The van der Waals surface area contributed by atoms with E-state index in [0.29, 0.717) is 0 Å². The van der Waals surface area contributed by atoms with Crippen LogP contribution < -0.4 is 5.32 Å². The van der Waals surface area contributed by atoms with E-state index in [1.54, 1.807) is 0 Å². The van der Waals surface area contributed by atoms with Crippen LogP contribution in [0, 0.1) is 6.92 Å². The number of nitrogens with one attached hydrogen (secondary N) is 1. The molecular formula is C14H18BrNO. The van der Waals surface area contributed by atoms with E-state index >= 15 is 0 Å². The summed E-state index contributed by atoms with van der Waals surface area (Å²) in [5, 5.41) is 4.65. The minimum Gasteiger partial charge on any atom is -0.458 e. The summed E-state index contributed by atoms with van der Waals surface area (Å²) in [7, 11) is 0. The van der Waals surface area contributed by atoms with Crippen molar-refractivity contribution in [1.82, 2.24) is 5.32 Å². The second kappa shape index (κ2) is 5.23.